The van der Waals surface area contributed by atoms with Crippen molar-refractivity contribution in [2.75, 3.05) is 11.9 Å². The molecule has 1 aliphatic rings. The van der Waals surface area contributed by atoms with Gasteiger partial charge < -0.3 is 10.1 Å². The van der Waals surface area contributed by atoms with Gasteiger partial charge in [0.2, 0.25) is 5.91 Å². The predicted octanol–water partition coefficient (Wildman–Crippen LogP) is 4.55. The van der Waals surface area contributed by atoms with Gasteiger partial charge in [-0.3, -0.25) is 4.79 Å². The summed E-state index contributed by atoms with van der Waals surface area (Å²) in [7, 11) is 0. The zero-order valence-electron chi connectivity index (χ0n) is 15.1. The van der Waals surface area contributed by atoms with E-state index in [9.17, 15) is 4.79 Å². The Hall–Kier alpha value is -1.72. The Morgan fingerprint density at radius 1 is 1.40 bits per heavy atom. The highest BCUT2D eigenvalue weighted by atomic mass is 32.1. The number of aromatic nitrogens is 1. The molecule has 0 radical (unpaired) electrons. The summed E-state index contributed by atoms with van der Waals surface area (Å²) in [5, 5.41) is 5.48. The van der Waals surface area contributed by atoms with Crippen LogP contribution in [0.15, 0.2) is 35.8 Å². The van der Waals surface area contributed by atoms with Gasteiger partial charge in [-0.05, 0) is 31.2 Å². The quantitative estimate of drug-likeness (QED) is 0.853. The molecule has 0 saturated carbocycles. The molecular formula is C20H26N2O2S. The molecular weight excluding hydrogens is 332 g/mol. The first-order valence-electron chi connectivity index (χ1n) is 8.87. The second-order valence-electron chi connectivity index (χ2n) is 7.32. The van der Waals surface area contributed by atoms with Crippen LogP contribution in [-0.4, -0.2) is 23.6 Å². The van der Waals surface area contributed by atoms with E-state index in [1.165, 1.54) is 22.5 Å². The van der Waals surface area contributed by atoms with Crippen molar-refractivity contribution >= 4 is 22.4 Å². The first kappa shape index (κ1) is 18.1. The topological polar surface area (TPSA) is 51.2 Å². The van der Waals surface area contributed by atoms with E-state index in [0.717, 1.165) is 12.8 Å². The number of carbonyl (C=O) groups excluding carboxylic acids is 1. The average molecular weight is 359 g/mol. The SMILES string of the molecule is Cc1ccc([C@]2(CC(=O)Nc3nccs3)CCO[C@@H](C(C)C)C2)cc1. The Morgan fingerprint density at radius 3 is 2.80 bits per heavy atom. The van der Waals surface area contributed by atoms with Crippen molar-refractivity contribution < 1.29 is 9.53 Å². The van der Waals surface area contributed by atoms with Gasteiger partial charge in [0, 0.05) is 30.0 Å². The molecule has 5 heteroatoms. The minimum Gasteiger partial charge on any atom is -0.378 e. The number of thiazole rings is 1. The van der Waals surface area contributed by atoms with Gasteiger partial charge in [-0.25, -0.2) is 4.98 Å². The molecule has 2 atom stereocenters. The number of hydrogen-bond acceptors (Lipinski definition) is 4. The van der Waals surface area contributed by atoms with Gasteiger partial charge >= 0.3 is 0 Å². The number of anilines is 1. The Balaban J connectivity index is 1.85. The van der Waals surface area contributed by atoms with E-state index >= 15 is 0 Å². The first-order valence-corrected chi connectivity index (χ1v) is 9.74. The van der Waals surface area contributed by atoms with Crippen molar-refractivity contribution in [3.63, 3.8) is 0 Å². The number of benzene rings is 1. The zero-order chi connectivity index (χ0) is 17.9. The fourth-order valence-corrected chi connectivity index (χ4v) is 4.11. The van der Waals surface area contributed by atoms with E-state index in [-0.39, 0.29) is 17.4 Å². The van der Waals surface area contributed by atoms with Gasteiger partial charge in [-0.1, -0.05) is 43.7 Å². The third-order valence-electron chi connectivity index (χ3n) is 5.09. The maximum absolute atomic E-state index is 12.7. The molecule has 3 rings (SSSR count). The van der Waals surface area contributed by atoms with Gasteiger partial charge in [-0.2, -0.15) is 0 Å². The van der Waals surface area contributed by atoms with Crippen LogP contribution in [0.5, 0.6) is 0 Å². The zero-order valence-corrected chi connectivity index (χ0v) is 15.9. The number of ether oxygens (including phenoxy) is 1. The van der Waals surface area contributed by atoms with Crippen molar-refractivity contribution in [1.29, 1.82) is 0 Å². The van der Waals surface area contributed by atoms with Crippen molar-refractivity contribution in [3.8, 4) is 0 Å². The lowest BCUT2D eigenvalue weighted by Gasteiger charge is -2.42. The molecule has 1 amide bonds. The van der Waals surface area contributed by atoms with E-state index in [2.05, 4.69) is 55.3 Å². The van der Waals surface area contributed by atoms with Gasteiger partial charge in [0.15, 0.2) is 5.13 Å². The van der Waals surface area contributed by atoms with E-state index in [1.54, 1.807) is 6.20 Å². The molecule has 1 N–H and O–H groups in total. The standard InChI is InChI=1S/C20H26N2O2S/c1-14(2)17-12-20(8-10-24-17,16-6-4-15(3)5-7-16)13-18(23)22-19-21-9-11-25-19/h4-7,9,11,14,17H,8,10,12-13H2,1-3H3,(H,21,22,23)/t17-,20-/m1/s1. The molecule has 0 spiro atoms. The van der Waals surface area contributed by atoms with Crippen LogP contribution in [0, 0.1) is 12.8 Å². The summed E-state index contributed by atoms with van der Waals surface area (Å²) < 4.78 is 5.99. The highest BCUT2D eigenvalue weighted by Crippen LogP contribution is 2.42. The van der Waals surface area contributed by atoms with Crippen LogP contribution in [0.4, 0.5) is 5.13 Å². The van der Waals surface area contributed by atoms with Gasteiger partial charge in [0.25, 0.3) is 0 Å². The lowest BCUT2D eigenvalue weighted by molar-refractivity contribution is -0.119. The van der Waals surface area contributed by atoms with Crippen molar-refractivity contribution in [2.24, 2.45) is 5.92 Å². The summed E-state index contributed by atoms with van der Waals surface area (Å²) in [5.74, 6) is 0.465. The number of amides is 1. The first-order chi connectivity index (χ1) is 12.0. The molecule has 1 fully saturated rings. The molecule has 1 aliphatic heterocycles. The third kappa shape index (κ3) is 4.28. The normalized spacial score (nSPS) is 23.6. The molecule has 0 unspecified atom stereocenters. The van der Waals surface area contributed by atoms with Gasteiger partial charge in [-0.15, -0.1) is 11.3 Å². The molecule has 25 heavy (non-hydrogen) atoms. The van der Waals surface area contributed by atoms with Crippen molar-refractivity contribution in [1.82, 2.24) is 4.98 Å². The summed E-state index contributed by atoms with van der Waals surface area (Å²) in [6.45, 7) is 7.16. The molecule has 2 aromatic rings. The van der Waals surface area contributed by atoms with Crippen LogP contribution in [-0.2, 0) is 14.9 Å². The average Bonchev–Trinajstić information content (AvgIpc) is 3.08. The van der Waals surface area contributed by atoms with Crippen LogP contribution in [0.1, 0.15) is 44.2 Å². The number of aryl methyl sites for hydroxylation is 1. The predicted molar refractivity (Wildman–Crippen MR) is 102 cm³/mol. The highest BCUT2D eigenvalue weighted by molar-refractivity contribution is 7.13. The Labute approximate surface area is 153 Å². The minimum atomic E-state index is -0.178. The summed E-state index contributed by atoms with van der Waals surface area (Å²) in [5.41, 5.74) is 2.29. The summed E-state index contributed by atoms with van der Waals surface area (Å²) >= 11 is 1.45. The number of hydrogen-bond donors (Lipinski definition) is 1. The summed E-state index contributed by atoms with van der Waals surface area (Å²) in [4.78, 5) is 16.9. The molecule has 0 bridgehead atoms. The summed E-state index contributed by atoms with van der Waals surface area (Å²) in [6, 6.07) is 8.62. The van der Waals surface area contributed by atoms with E-state index < -0.39 is 0 Å². The Bertz CT molecular complexity index is 697. The lowest BCUT2D eigenvalue weighted by Crippen LogP contribution is -2.43. The van der Waals surface area contributed by atoms with E-state index in [1.807, 2.05) is 5.38 Å². The molecule has 2 heterocycles. The smallest absolute Gasteiger partial charge is 0.227 e. The fourth-order valence-electron chi connectivity index (χ4n) is 3.57. The van der Waals surface area contributed by atoms with Crippen LogP contribution in [0.2, 0.25) is 0 Å². The van der Waals surface area contributed by atoms with Crippen LogP contribution >= 0.6 is 11.3 Å². The number of nitrogens with one attached hydrogen (secondary N) is 1. The van der Waals surface area contributed by atoms with Gasteiger partial charge in [0.1, 0.15) is 0 Å². The lowest BCUT2D eigenvalue weighted by atomic mass is 9.68. The number of nitrogens with zero attached hydrogens (tertiary/aromatic N) is 1. The molecule has 134 valence electrons. The van der Waals surface area contributed by atoms with Crippen molar-refractivity contribution in [3.05, 3.63) is 47.0 Å². The molecule has 0 aliphatic carbocycles. The molecule has 1 aromatic heterocycles. The highest BCUT2D eigenvalue weighted by Gasteiger charge is 2.41. The minimum absolute atomic E-state index is 0.0277. The number of rotatable bonds is 5. The second kappa shape index (κ2) is 7.67. The molecule has 1 aromatic carbocycles. The second-order valence-corrected chi connectivity index (χ2v) is 8.21. The monoisotopic (exact) mass is 358 g/mol. The van der Waals surface area contributed by atoms with Crippen LogP contribution in [0.3, 0.4) is 0 Å². The van der Waals surface area contributed by atoms with Crippen molar-refractivity contribution in [2.45, 2.75) is 51.6 Å². The fraction of sp³-hybridized carbons (Fsp3) is 0.500. The van der Waals surface area contributed by atoms with E-state index in [0.29, 0.717) is 24.1 Å². The largest absolute Gasteiger partial charge is 0.378 e. The summed E-state index contributed by atoms with van der Waals surface area (Å²) in [6.07, 6.45) is 4.09. The van der Waals surface area contributed by atoms with Crippen LogP contribution in [0.25, 0.3) is 0 Å². The van der Waals surface area contributed by atoms with E-state index in [4.69, 9.17) is 4.74 Å². The van der Waals surface area contributed by atoms with Gasteiger partial charge in [0.05, 0.1) is 6.10 Å². The maximum atomic E-state index is 12.7. The number of carbonyl (C=O) groups is 1. The Kier molecular flexibility index (Phi) is 5.54. The molecule has 1 saturated heterocycles. The maximum Gasteiger partial charge on any atom is 0.227 e. The van der Waals surface area contributed by atoms with Crippen LogP contribution < -0.4 is 5.32 Å². The molecule has 4 nitrogen and oxygen atoms in total. The Morgan fingerprint density at radius 2 is 2.16 bits per heavy atom. The third-order valence-corrected chi connectivity index (χ3v) is 5.78.